The number of fused-ring (bicyclic) bond motifs is 2. The summed E-state index contributed by atoms with van der Waals surface area (Å²) in [5.41, 5.74) is 4.94. The number of rotatable bonds is 3. The molecule has 0 aliphatic carbocycles. The number of anilines is 1. The van der Waals surface area contributed by atoms with Crippen LogP contribution in [0.2, 0.25) is 0 Å². The highest BCUT2D eigenvalue weighted by Crippen LogP contribution is 2.26. The lowest BCUT2D eigenvalue weighted by Gasteiger charge is -2.08. The number of hydrogen-bond acceptors (Lipinski definition) is 2. The zero-order chi connectivity index (χ0) is 13.4. The van der Waals surface area contributed by atoms with E-state index in [1.807, 2.05) is 6.20 Å². The number of ether oxygens (including phenoxy) is 1. The molecule has 0 fully saturated rings. The highest BCUT2D eigenvalue weighted by molar-refractivity contribution is 5.82. The van der Waals surface area contributed by atoms with Gasteiger partial charge in [0.2, 0.25) is 0 Å². The normalized spacial score (nSPS) is 13.2. The maximum atomic E-state index is 5.53. The third-order valence-electron chi connectivity index (χ3n) is 3.80. The van der Waals surface area contributed by atoms with E-state index in [0.29, 0.717) is 0 Å². The summed E-state index contributed by atoms with van der Waals surface area (Å²) < 4.78 is 5.53. The monoisotopic (exact) mass is 264 g/mol. The lowest BCUT2D eigenvalue weighted by molar-refractivity contribution is 0.357. The molecule has 4 rings (SSSR count). The van der Waals surface area contributed by atoms with Gasteiger partial charge in [0, 0.05) is 35.8 Å². The number of H-pyrrole nitrogens is 1. The summed E-state index contributed by atoms with van der Waals surface area (Å²) in [6.07, 6.45) is 2.99. The lowest BCUT2D eigenvalue weighted by atomic mass is 10.1. The van der Waals surface area contributed by atoms with Crippen molar-refractivity contribution in [1.29, 1.82) is 0 Å². The maximum Gasteiger partial charge on any atom is 0.122 e. The van der Waals surface area contributed by atoms with Crippen molar-refractivity contribution in [2.45, 2.75) is 13.0 Å². The first kappa shape index (κ1) is 11.4. The van der Waals surface area contributed by atoms with Crippen LogP contribution in [0.4, 0.5) is 5.69 Å². The van der Waals surface area contributed by atoms with Crippen molar-refractivity contribution in [3.8, 4) is 5.75 Å². The van der Waals surface area contributed by atoms with Crippen molar-refractivity contribution in [2.24, 2.45) is 0 Å². The van der Waals surface area contributed by atoms with Crippen molar-refractivity contribution in [1.82, 2.24) is 4.98 Å². The molecule has 0 atom stereocenters. The zero-order valence-electron chi connectivity index (χ0n) is 11.1. The number of benzene rings is 2. The van der Waals surface area contributed by atoms with Crippen LogP contribution < -0.4 is 10.1 Å². The van der Waals surface area contributed by atoms with Gasteiger partial charge >= 0.3 is 0 Å². The van der Waals surface area contributed by atoms with E-state index in [4.69, 9.17) is 4.74 Å². The molecule has 0 amide bonds. The van der Waals surface area contributed by atoms with Crippen molar-refractivity contribution in [3.05, 3.63) is 59.8 Å². The molecule has 2 heterocycles. The molecule has 3 heteroatoms. The Bertz CT molecular complexity index is 761. The van der Waals surface area contributed by atoms with Gasteiger partial charge in [0.15, 0.2) is 0 Å². The molecule has 3 aromatic rings. The van der Waals surface area contributed by atoms with E-state index in [2.05, 4.69) is 52.8 Å². The fraction of sp³-hybridized carbons (Fsp3) is 0.176. The van der Waals surface area contributed by atoms with Gasteiger partial charge in [-0.2, -0.15) is 0 Å². The molecule has 0 spiro atoms. The average Bonchev–Trinajstić information content (AvgIpc) is 3.12. The second kappa shape index (κ2) is 4.60. The predicted octanol–water partition coefficient (Wildman–Crippen LogP) is 3.71. The second-order valence-corrected chi connectivity index (χ2v) is 5.17. The maximum absolute atomic E-state index is 5.53. The summed E-state index contributed by atoms with van der Waals surface area (Å²) in [5, 5.41) is 4.71. The van der Waals surface area contributed by atoms with Crippen LogP contribution in [-0.2, 0) is 13.0 Å². The Morgan fingerprint density at radius 1 is 1.10 bits per heavy atom. The van der Waals surface area contributed by atoms with Gasteiger partial charge in [0.1, 0.15) is 5.75 Å². The molecule has 1 aliphatic heterocycles. The Hall–Kier alpha value is -2.42. The van der Waals surface area contributed by atoms with Gasteiger partial charge in [-0.1, -0.05) is 12.1 Å². The molecule has 20 heavy (non-hydrogen) atoms. The number of hydrogen-bond donors (Lipinski definition) is 2. The lowest BCUT2D eigenvalue weighted by Crippen LogP contribution is -1.99. The molecular formula is C17H16N2O. The van der Waals surface area contributed by atoms with E-state index in [1.165, 1.54) is 22.0 Å². The molecule has 1 aliphatic rings. The summed E-state index contributed by atoms with van der Waals surface area (Å²) in [6, 6.07) is 14.9. The van der Waals surface area contributed by atoms with Gasteiger partial charge < -0.3 is 15.0 Å². The van der Waals surface area contributed by atoms with Gasteiger partial charge in [-0.25, -0.2) is 0 Å². The largest absolute Gasteiger partial charge is 0.493 e. The molecule has 0 radical (unpaired) electrons. The SMILES string of the molecule is c1cc2cc(NCc3ccc4c(c3)CCO4)ccc2[nH]1. The van der Waals surface area contributed by atoms with Crippen LogP contribution in [0.3, 0.4) is 0 Å². The summed E-state index contributed by atoms with van der Waals surface area (Å²) in [7, 11) is 0. The molecule has 0 saturated heterocycles. The van der Waals surface area contributed by atoms with Crippen LogP contribution in [0.25, 0.3) is 10.9 Å². The molecule has 1 aromatic heterocycles. The summed E-state index contributed by atoms with van der Waals surface area (Å²) in [6.45, 7) is 1.65. The van der Waals surface area contributed by atoms with E-state index in [1.54, 1.807) is 0 Å². The third kappa shape index (κ3) is 2.01. The van der Waals surface area contributed by atoms with Crippen LogP contribution in [0.15, 0.2) is 48.7 Å². The molecule has 0 bridgehead atoms. The Kier molecular flexibility index (Phi) is 2.62. The highest BCUT2D eigenvalue weighted by atomic mass is 16.5. The average molecular weight is 264 g/mol. The van der Waals surface area contributed by atoms with Crippen LogP contribution in [0.5, 0.6) is 5.75 Å². The van der Waals surface area contributed by atoms with Crippen LogP contribution in [0, 0.1) is 0 Å². The predicted molar refractivity (Wildman–Crippen MR) is 81.3 cm³/mol. The van der Waals surface area contributed by atoms with Crippen LogP contribution >= 0.6 is 0 Å². The van der Waals surface area contributed by atoms with Crippen molar-refractivity contribution in [3.63, 3.8) is 0 Å². The molecule has 2 aromatic carbocycles. The molecule has 3 nitrogen and oxygen atoms in total. The van der Waals surface area contributed by atoms with Gasteiger partial charge in [-0.05, 0) is 41.5 Å². The fourth-order valence-corrected chi connectivity index (χ4v) is 2.72. The quantitative estimate of drug-likeness (QED) is 0.756. The molecule has 0 saturated carbocycles. The third-order valence-corrected chi connectivity index (χ3v) is 3.80. The van der Waals surface area contributed by atoms with Crippen molar-refractivity contribution < 1.29 is 4.74 Å². The molecular weight excluding hydrogens is 248 g/mol. The Morgan fingerprint density at radius 2 is 2.10 bits per heavy atom. The minimum absolute atomic E-state index is 0.816. The van der Waals surface area contributed by atoms with E-state index < -0.39 is 0 Å². The summed E-state index contributed by atoms with van der Waals surface area (Å²) >= 11 is 0. The first-order valence-electron chi connectivity index (χ1n) is 6.94. The van der Waals surface area contributed by atoms with E-state index in [-0.39, 0.29) is 0 Å². The van der Waals surface area contributed by atoms with Crippen LogP contribution in [0.1, 0.15) is 11.1 Å². The van der Waals surface area contributed by atoms with Crippen molar-refractivity contribution >= 4 is 16.6 Å². The standard InChI is InChI=1S/C17H16N2O/c1-4-17-14(6-8-20-17)9-12(1)11-19-15-2-3-16-13(10-15)5-7-18-16/h1-5,7,9-10,18-19H,6,8,11H2. The summed E-state index contributed by atoms with van der Waals surface area (Å²) in [5.74, 6) is 1.04. The minimum Gasteiger partial charge on any atom is -0.493 e. The van der Waals surface area contributed by atoms with Crippen molar-refractivity contribution in [2.75, 3.05) is 11.9 Å². The van der Waals surface area contributed by atoms with Gasteiger partial charge in [0.25, 0.3) is 0 Å². The van der Waals surface area contributed by atoms with E-state index in [9.17, 15) is 0 Å². The number of aromatic nitrogens is 1. The number of aromatic amines is 1. The Morgan fingerprint density at radius 3 is 3.10 bits per heavy atom. The zero-order valence-corrected chi connectivity index (χ0v) is 11.1. The van der Waals surface area contributed by atoms with Gasteiger partial charge in [-0.3, -0.25) is 0 Å². The second-order valence-electron chi connectivity index (χ2n) is 5.17. The smallest absolute Gasteiger partial charge is 0.122 e. The highest BCUT2D eigenvalue weighted by Gasteiger charge is 2.11. The minimum atomic E-state index is 0.816. The fourth-order valence-electron chi connectivity index (χ4n) is 2.72. The van der Waals surface area contributed by atoms with Gasteiger partial charge in [-0.15, -0.1) is 0 Å². The summed E-state index contributed by atoms with van der Waals surface area (Å²) in [4.78, 5) is 3.21. The van der Waals surface area contributed by atoms with Gasteiger partial charge in [0.05, 0.1) is 6.61 Å². The Labute approximate surface area is 117 Å². The molecule has 2 N–H and O–H groups in total. The topological polar surface area (TPSA) is 37.0 Å². The first-order valence-corrected chi connectivity index (χ1v) is 6.94. The van der Waals surface area contributed by atoms with E-state index >= 15 is 0 Å². The molecule has 100 valence electrons. The Balaban J connectivity index is 1.52. The first-order chi connectivity index (χ1) is 9.88. The molecule has 0 unspecified atom stereocenters. The van der Waals surface area contributed by atoms with Crippen LogP contribution in [-0.4, -0.2) is 11.6 Å². The van der Waals surface area contributed by atoms with E-state index in [0.717, 1.165) is 31.0 Å². The number of nitrogens with one attached hydrogen (secondary N) is 2.